The van der Waals surface area contributed by atoms with E-state index < -0.39 is 40.5 Å². The molecule has 2 unspecified atom stereocenters. The third-order valence-corrected chi connectivity index (χ3v) is 7.80. The topological polar surface area (TPSA) is 182 Å². The number of benzene rings is 4. The molecule has 14 heteroatoms. The summed E-state index contributed by atoms with van der Waals surface area (Å²) in [6.45, 7) is 0. The maximum absolute atomic E-state index is 13.1. The van der Waals surface area contributed by atoms with Crippen molar-refractivity contribution < 1.29 is 46.1 Å². The van der Waals surface area contributed by atoms with E-state index in [2.05, 4.69) is 11.8 Å². The second-order valence-electron chi connectivity index (χ2n) is 7.98. The van der Waals surface area contributed by atoms with Gasteiger partial charge >= 0.3 is 20.2 Å². The fraction of sp³-hybridized carbons (Fsp3) is 0. The van der Waals surface area contributed by atoms with Crippen molar-refractivity contribution in [3.63, 3.8) is 0 Å². The minimum Gasteiger partial charge on any atom is -0.595 e. The van der Waals surface area contributed by atoms with E-state index in [-0.39, 0.29) is 34.0 Å². The summed E-state index contributed by atoms with van der Waals surface area (Å²) in [5, 5.41) is 39.0. The van der Waals surface area contributed by atoms with E-state index >= 15 is 0 Å². The van der Waals surface area contributed by atoms with Gasteiger partial charge in [-0.05, 0) is 36.4 Å². The third-order valence-electron chi connectivity index (χ3n) is 5.23. The van der Waals surface area contributed by atoms with Crippen LogP contribution in [0.25, 0.3) is 0 Å². The number of hydrogen-bond donors (Lipinski definition) is 4. The van der Waals surface area contributed by atoms with E-state index in [1.807, 2.05) is 0 Å². The molecule has 0 aliphatic rings. The molecule has 0 amide bonds. The summed E-state index contributed by atoms with van der Waals surface area (Å²) in [4.78, 5) is -1.15. The van der Waals surface area contributed by atoms with Crippen LogP contribution in [0.3, 0.4) is 0 Å². The summed E-state index contributed by atoms with van der Waals surface area (Å²) in [5.74, 6) is 5.03. The van der Waals surface area contributed by atoms with Gasteiger partial charge in [0.05, 0.1) is 0 Å². The molecule has 4 aromatic rings. The largest absolute Gasteiger partial charge is 0.595 e. The summed E-state index contributed by atoms with van der Waals surface area (Å²) in [7, 11) is -9.18. The van der Waals surface area contributed by atoms with Crippen LogP contribution in [0.4, 0.5) is 11.4 Å². The van der Waals surface area contributed by atoms with Gasteiger partial charge in [0.25, 0.3) is 0 Å². The van der Waals surface area contributed by atoms with Crippen LogP contribution in [0.5, 0.6) is 11.5 Å². The van der Waals surface area contributed by atoms with E-state index in [9.17, 15) is 37.7 Å². The zero-order chi connectivity index (χ0) is 28.9. The number of quaternary nitrogens is 2. The Hall–Kier alpha value is -4.30. The van der Waals surface area contributed by atoms with Crippen molar-refractivity contribution in [2.24, 2.45) is 0 Å². The molecule has 0 heterocycles. The summed E-state index contributed by atoms with van der Waals surface area (Å²) >= 11 is 0. The number of para-hydroxylation sites is 2. The van der Waals surface area contributed by atoms with E-state index in [1.165, 1.54) is 24.3 Å². The number of nitrogens with one attached hydrogen (secondary N) is 2. The Bertz CT molecular complexity index is 1650. The van der Waals surface area contributed by atoms with E-state index in [0.29, 0.717) is 0 Å². The number of hydrogen-bond acceptors (Lipinski definition) is 10. The van der Waals surface area contributed by atoms with Crippen molar-refractivity contribution >= 4 is 31.6 Å². The Morgan fingerprint density at radius 1 is 0.575 bits per heavy atom. The van der Waals surface area contributed by atoms with Gasteiger partial charge in [-0.15, -0.1) is 0 Å². The lowest BCUT2D eigenvalue weighted by Gasteiger charge is -2.15. The smallest absolute Gasteiger partial charge is 0.340 e. The van der Waals surface area contributed by atoms with Gasteiger partial charge in [-0.2, -0.15) is 27.3 Å². The maximum atomic E-state index is 13.1. The summed E-state index contributed by atoms with van der Waals surface area (Å²) < 4.78 is 62.6. The SMILES string of the molecule is O=S(=O)(Oc1ccccc1)c1cc([NH+]([O-])O)ccc1C#Cc1ccc([NH+]([O-])O)cc1S(=O)(=O)Oc1ccccc1. The Kier molecular flexibility index (Phi) is 8.49. The first-order valence-electron chi connectivity index (χ1n) is 11.2. The Balaban J connectivity index is 1.82. The molecular formula is C26H20N2O10S2. The molecule has 40 heavy (non-hydrogen) atoms. The predicted octanol–water partition coefficient (Wildman–Crippen LogP) is 1.43. The van der Waals surface area contributed by atoms with Crippen molar-refractivity contribution in [2.45, 2.75) is 9.79 Å². The summed E-state index contributed by atoms with van der Waals surface area (Å²) in [6, 6.07) is 21.3. The highest BCUT2D eigenvalue weighted by Gasteiger charge is 2.25. The molecule has 0 radical (unpaired) electrons. The highest BCUT2D eigenvalue weighted by atomic mass is 32.2. The van der Waals surface area contributed by atoms with Crippen molar-refractivity contribution in [2.75, 3.05) is 0 Å². The fourth-order valence-electron chi connectivity index (χ4n) is 3.36. The highest BCUT2D eigenvalue weighted by molar-refractivity contribution is 7.87. The van der Waals surface area contributed by atoms with Gasteiger partial charge in [-0.25, -0.2) is 10.4 Å². The molecule has 0 fully saturated rings. The predicted molar refractivity (Wildman–Crippen MR) is 139 cm³/mol. The minimum atomic E-state index is -4.59. The molecule has 4 aromatic carbocycles. The first kappa shape index (κ1) is 28.7. The molecule has 4 rings (SSSR count). The van der Waals surface area contributed by atoms with Crippen molar-refractivity contribution in [3.8, 4) is 23.3 Å². The quantitative estimate of drug-likeness (QED) is 0.134. The van der Waals surface area contributed by atoms with Gasteiger partial charge in [-0.1, -0.05) is 48.2 Å². The third kappa shape index (κ3) is 6.82. The lowest BCUT2D eigenvalue weighted by molar-refractivity contribution is -0.991. The Morgan fingerprint density at radius 3 is 1.25 bits per heavy atom. The molecule has 2 atom stereocenters. The van der Waals surface area contributed by atoms with Gasteiger partial charge < -0.3 is 18.8 Å². The first-order chi connectivity index (χ1) is 19.0. The van der Waals surface area contributed by atoms with E-state index in [1.54, 1.807) is 36.4 Å². The molecule has 0 aromatic heterocycles. The summed E-state index contributed by atoms with van der Waals surface area (Å²) in [5.41, 5.74) is -1.11. The van der Waals surface area contributed by atoms with Crippen molar-refractivity contribution in [1.82, 2.24) is 0 Å². The summed E-state index contributed by atoms with van der Waals surface area (Å²) in [6.07, 6.45) is 0. The van der Waals surface area contributed by atoms with Gasteiger partial charge in [0.15, 0.2) is 11.4 Å². The average molecular weight is 585 g/mol. The first-order valence-corrected chi connectivity index (χ1v) is 14.0. The molecule has 12 nitrogen and oxygen atoms in total. The van der Waals surface area contributed by atoms with Crippen LogP contribution in [0.2, 0.25) is 0 Å². The molecule has 0 bridgehead atoms. The number of rotatable bonds is 8. The lowest BCUT2D eigenvalue weighted by Crippen LogP contribution is -2.99. The monoisotopic (exact) mass is 584 g/mol. The molecule has 0 aliphatic heterocycles. The lowest BCUT2D eigenvalue weighted by atomic mass is 10.1. The van der Waals surface area contributed by atoms with Crippen LogP contribution in [0, 0.1) is 22.3 Å². The Morgan fingerprint density at radius 2 is 0.925 bits per heavy atom. The average Bonchev–Trinajstić information content (AvgIpc) is 2.92. The molecule has 0 saturated carbocycles. The van der Waals surface area contributed by atoms with Crippen molar-refractivity contribution in [1.29, 1.82) is 0 Å². The standard InChI is InChI=1S/C26H20N2O10S2/c29-27(30)21-15-13-19(25(17-21)39(33,34)37-23-7-3-1-4-8-23)11-12-20-14-16-22(28(31)32)18-26(20)40(35,36)38-24-9-5-2-6-10-24/h1-10,13-18,27-29,31H. The van der Waals surface area contributed by atoms with Crippen LogP contribution < -0.4 is 18.8 Å². The molecule has 4 N–H and O–H groups in total. The molecule has 0 aliphatic carbocycles. The molecular weight excluding hydrogens is 564 g/mol. The van der Waals surface area contributed by atoms with Gasteiger partial charge in [0.1, 0.15) is 21.3 Å². The molecule has 206 valence electrons. The van der Waals surface area contributed by atoms with Crippen LogP contribution in [-0.4, -0.2) is 27.3 Å². The fourth-order valence-corrected chi connectivity index (χ4v) is 5.59. The van der Waals surface area contributed by atoms with Crippen LogP contribution in [0.1, 0.15) is 11.1 Å². The minimum absolute atomic E-state index is 0.0298. The van der Waals surface area contributed by atoms with Crippen molar-refractivity contribution in [3.05, 3.63) is 119 Å². The second-order valence-corrected chi connectivity index (χ2v) is 11.0. The van der Waals surface area contributed by atoms with Gasteiger partial charge in [0.2, 0.25) is 0 Å². The van der Waals surface area contributed by atoms with Crippen LogP contribution in [0.15, 0.2) is 107 Å². The van der Waals surface area contributed by atoms with E-state index in [4.69, 9.17) is 8.37 Å². The zero-order valence-electron chi connectivity index (χ0n) is 20.2. The van der Waals surface area contributed by atoms with Gasteiger partial charge in [0, 0.05) is 35.4 Å². The second kappa shape index (κ2) is 11.8. The molecule has 0 saturated heterocycles. The zero-order valence-corrected chi connectivity index (χ0v) is 21.8. The normalized spacial score (nSPS) is 13.0. The molecule has 0 spiro atoms. The van der Waals surface area contributed by atoms with Gasteiger partial charge in [-0.3, -0.25) is 0 Å². The van der Waals surface area contributed by atoms with Crippen LogP contribution >= 0.6 is 0 Å². The Labute approximate surface area is 229 Å². The van der Waals surface area contributed by atoms with E-state index in [0.717, 1.165) is 36.4 Å². The maximum Gasteiger partial charge on any atom is 0.340 e. The van der Waals surface area contributed by atoms with Crippen LogP contribution in [-0.2, 0) is 20.2 Å². The highest BCUT2D eigenvalue weighted by Crippen LogP contribution is 2.25.